The largest absolute Gasteiger partial charge is 0.390 e. The lowest BCUT2D eigenvalue weighted by Crippen LogP contribution is -2.46. The van der Waals surface area contributed by atoms with Crippen LogP contribution in [0.15, 0.2) is 12.4 Å². The average Bonchev–Trinajstić information content (AvgIpc) is 2.77. The standard InChI is InChI=1S/C13H22N2O2/c1-3-15-8-7-14-12(15)10-11(16)13(2)6-4-5-9-17-13/h7-8,11,16H,3-6,9-10H2,1-2H3. The smallest absolute Gasteiger partial charge is 0.111 e. The van der Waals surface area contributed by atoms with E-state index in [0.29, 0.717) is 6.42 Å². The molecule has 1 aliphatic heterocycles. The quantitative estimate of drug-likeness (QED) is 0.869. The summed E-state index contributed by atoms with van der Waals surface area (Å²) < 4.78 is 7.83. The van der Waals surface area contributed by atoms with E-state index in [4.69, 9.17) is 4.74 Å². The van der Waals surface area contributed by atoms with E-state index < -0.39 is 11.7 Å². The van der Waals surface area contributed by atoms with Gasteiger partial charge in [-0.1, -0.05) is 0 Å². The van der Waals surface area contributed by atoms with Gasteiger partial charge < -0.3 is 14.4 Å². The van der Waals surface area contributed by atoms with Crippen LogP contribution in [0, 0.1) is 0 Å². The van der Waals surface area contributed by atoms with Crippen molar-refractivity contribution in [2.24, 2.45) is 0 Å². The highest BCUT2D eigenvalue weighted by Gasteiger charge is 2.36. The van der Waals surface area contributed by atoms with Crippen LogP contribution in [0.1, 0.15) is 38.9 Å². The molecule has 2 atom stereocenters. The van der Waals surface area contributed by atoms with Crippen molar-refractivity contribution in [3.63, 3.8) is 0 Å². The molecule has 0 bridgehead atoms. The topological polar surface area (TPSA) is 47.3 Å². The van der Waals surface area contributed by atoms with Crippen molar-refractivity contribution < 1.29 is 9.84 Å². The van der Waals surface area contributed by atoms with Gasteiger partial charge >= 0.3 is 0 Å². The van der Waals surface area contributed by atoms with Gasteiger partial charge in [0.2, 0.25) is 0 Å². The summed E-state index contributed by atoms with van der Waals surface area (Å²) in [5.41, 5.74) is -0.400. The molecule has 1 saturated heterocycles. The first-order valence-corrected chi connectivity index (χ1v) is 6.48. The lowest BCUT2D eigenvalue weighted by molar-refractivity contribution is -0.136. The molecule has 0 aliphatic carbocycles. The van der Waals surface area contributed by atoms with Crippen LogP contribution in [0.4, 0.5) is 0 Å². The summed E-state index contributed by atoms with van der Waals surface area (Å²) in [6.07, 6.45) is 7.00. The molecule has 2 rings (SSSR count). The van der Waals surface area contributed by atoms with Crippen molar-refractivity contribution in [3.05, 3.63) is 18.2 Å². The fourth-order valence-corrected chi connectivity index (χ4v) is 2.43. The minimum Gasteiger partial charge on any atom is -0.390 e. The Balaban J connectivity index is 2.02. The van der Waals surface area contributed by atoms with Crippen LogP contribution in [-0.2, 0) is 17.7 Å². The van der Waals surface area contributed by atoms with Crippen molar-refractivity contribution in [2.45, 2.75) is 57.8 Å². The van der Waals surface area contributed by atoms with Crippen molar-refractivity contribution in [1.82, 2.24) is 9.55 Å². The summed E-state index contributed by atoms with van der Waals surface area (Å²) in [7, 11) is 0. The highest BCUT2D eigenvalue weighted by atomic mass is 16.5. The number of aromatic nitrogens is 2. The molecular weight excluding hydrogens is 216 g/mol. The van der Waals surface area contributed by atoms with E-state index in [1.54, 1.807) is 6.20 Å². The third kappa shape index (κ3) is 2.69. The highest BCUT2D eigenvalue weighted by molar-refractivity contribution is 4.98. The van der Waals surface area contributed by atoms with Gasteiger partial charge in [-0.3, -0.25) is 0 Å². The van der Waals surface area contributed by atoms with Crippen LogP contribution in [0.25, 0.3) is 0 Å². The first kappa shape index (κ1) is 12.6. The molecule has 1 fully saturated rings. The number of imidazole rings is 1. The van der Waals surface area contributed by atoms with E-state index in [0.717, 1.165) is 38.2 Å². The molecule has 0 radical (unpaired) electrons. The molecule has 1 N–H and O–H groups in total. The van der Waals surface area contributed by atoms with Gasteiger partial charge in [0.1, 0.15) is 5.82 Å². The number of hydrogen-bond acceptors (Lipinski definition) is 3. The summed E-state index contributed by atoms with van der Waals surface area (Å²) in [6, 6.07) is 0. The summed E-state index contributed by atoms with van der Waals surface area (Å²) in [5.74, 6) is 0.940. The number of nitrogens with zero attached hydrogens (tertiary/aromatic N) is 2. The lowest BCUT2D eigenvalue weighted by Gasteiger charge is -2.37. The van der Waals surface area contributed by atoms with Gasteiger partial charge in [0.05, 0.1) is 11.7 Å². The number of aliphatic hydroxyl groups excluding tert-OH is 1. The number of rotatable bonds is 4. The summed E-state index contributed by atoms with van der Waals surface area (Å²) in [5, 5.41) is 10.3. The average molecular weight is 238 g/mol. The molecule has 4 nitrogen and oxygen atoms in total. The van der Waals surface area contributed by atoms with Crippen molar-refractivity contribution in [1.29, 1.82) is 0 Å². The third-order valence-corrected chi connectivity index (χ3v) is 3.72. The summed E-state index contributed by atoms with van der Waals surface area (Å²) in [4.78, 5) is 4.30. The molecule has 4 heteroatoms. The van der Waals surface area contributed by atoms with E-state index in [1.165, 1.54) is 0 Å². The van der Waals surface area contributed by atoms with Crippen LogP contribution in [0.2, 0.25) is 0 Å². The fraction of sp³-hybridized carbons (Fsp3) is 0.769. The van der Waals surface area contributed by atoms with E-state index in [2.05, 4.69) is 16.5 Å². The normalized spacial score (nSPS) is 27.0. The second kappa shape index (κ2) is 5.19. The van der Waals surface area contributed by atoms with E-state index in [1.807, 2.05) is 13.1 Å². The molecular formula is C13H22N2O2. The van der Waals surface area contributed by atoms with Crippen LogP contribution >= 0.6 is 0 Å². The van der Waals surface area contributed by atoms with Crippen LogP contribution in [-0.4, -0.2) is 33.0 Å². The van der Waals surface area contributed by atoms with Crippen LogP contribution in [0.5, 0.6) is 0 Å². The predicted octanol–water partition coefficient (Wildman–Crippen LogP) is 1.77. The molecule has 0 spiro atoms. The maximum atomic E-state index is 10.3. The van der Waals surface area contributed by atoms with E-state index >= 15 is 0 Å². The van der Waals surface area contributed by atoms with Crippen LogP contribution < -0.4 is 0 Å². The second-order valence-corrected chi connectivity index (χ2v) is 4.97. The molecule has 1 aliphatic rings. The van der Waals surface area contributed by atoms with Gasteiger partial charge in [0, 0.05) is 32.0 Å². The monoisotopic (exact) mass is 238 g/mol. The molecule has 0 saturated carbocycles. The number of aliphatic hydroxyl groups is 1. The molecule has 96 valence electrons. The molecule has 0 amide bonds. The Morgan fingerprint density at radius 3 is 3.06 bits per heavy atom. The molecule has 2 unspecified atom stereocenters. The van der Waals surface area contributed by atoms with Gasteiger partial charge in [0.15, 0.2) is 0 Å². The van der Waals surface area contributed by atoms with Crippen molar-refractivity contribution >= 4 is 0 Å². The first-order chi connectivity index (χ1) is 8.15. The Hall–Kier alpha value is -0.870. The molecule has 1 aromatic rings. The summed E-state index contributed by atoms with van der Waals surface area (Å²) >= 11 is 0. The Morgan fingerprint density at radius 2 is 2.41 bits per heavy atom. The van der Waals surface area contributed by atoms with Gasteiger partial charge in [-0.05, 0) is 33.1 Å². The highest BCUT2D eigenvalue weighted by Crippen LogP contribution is 2.29. The number of aryl methyl sites for hydroxylation is 1. The number of hydrogen-bond donors (Lipinski definition) is 1. The Morgan fingerprint density at radius 1 is 1.59 bits per heavy atom. The SMILES string of the molecule is CCn1ccnc1CC(O)C1(C)CCCCO1. The predicted molar refractivity (Wildman–Crippen MR) is 65.8 cm³/mol. The minimum absolute atomic E-state index is 0.400. The molecule has 2 heterocycles. The van der Waals surface area contributed by atoms with Gasteiger partial charge in [-0.25, -0.2) is 4.98 Å². The minimum atomic E-state index is -0.476. The van der Waals surface area contributed by atoms with Gasteiger partial charge in [-0.15, -0.1) is 0 Å². The molecule has 17 heavy (non-hydrogen) atoms. The maximum Gasteiger partial charge on any atom is 0.111 e. The van der Waals surface area contributed by atoms with E-state index in [9.17, 15) is 5.11 Å². The number of ether oxygens (including phenoxy) is 1. The summed E-state index contributed by atoms with van der Waals surface area (Å²) in [6.45, 7) is 5.74. The van der Waals surface area contributed by atoms with Gasteiger partial charge in [0.25, 0.3) is 0 Å². The Bertz CT molecular complexity index is 356. The van der Waals surface area contributed by atoms with Crippen molar-refractivity contribution in [2.75, 3.05) is 6.61 Å². The second-order valence-electron chi connectivity index (χ2n) is 4.97. The fourth-order valence-electron chi connectivity index (χ4n) is 2.43. The van der Waals surface area contributed by atoms with Crippen LogP contribution in [0.3, 0.4) is 0 Å². The molecule has 1 aromatic heterocycles. The van der Waals surface area contributed by atoms with Crippen molar-refractivity contribution in [3.8, 4) is 0 Å². The maximum absolute atomic E-state index is 10.3. The first-order valence-electron chi connectivity index (χ1n) is 6.48. The third-order valence-electron chi connectivity index (χ3n) is 3.72. The Kier molecular flexibility index (Phi) is 3.84. The molecule has 0 aromatic carbocycles. The zero-order chi connectivity index (χ0) is 12.3. The zero-order valence-corrected chi connectivity index (χ0v) is 10.7. The van der Waals surface area contributed by atoms with E-state index in [-0.39, 0.29) is 0 Å². The lowest BCUT2D eigenvalue weighted by atomic mass is 9.88. The van der Waals surface area contributed by atoms with Gasteiger partial charge in [-0.2, -0.15) is 0 Å². The Labute approximate surface area is 103 Å². The zero-order valence-electron chi connectivity index (χ0n) is 10.7.